The van der Waals surface area contributed by atoms with Crippen molar-refractivity contribution in [3.63, 3.8) is 0 Å². The van der Waals surface area contributed by atoms with Crippen LogP contribution in [0.5, 0.6) is 0 Å². The van der Waals surface area contributed by atoms with Gasteiger partial charge in [-0.15, -0.1) is 0 Å². The van der Waals surface area contributed by atoms with Crippen LogP contribution >= 0.6 is 0 Å². The first-order valence-corrected chi connectivity index (χ1v) is 4.62. The number of carbonyl (C=O) groups is 2. The van der Waals surface area contributed by atoms with E-state index in [1.54, 1.807) is 0 Å². The van der Waals surface area contributed by atoms with Crippen molar-refractivity contribution in [1.82, 2.24) is 0 Å². The average molecular weight is 277 g/mol. The van der Waals surface area contributed by atoms with E-state index in [0.717, 1.165) is 0 Å². The number of hydrogen-bond acceptors (Lipinski definition) is 2. The molecular weight excluding hydrogens is 257 g/mol. The first-order valence-electron chi connectivity index (χ1n) is 4.62. The molecule has 0 amide bonds. The molecule has 0 unspecified atom stereocenters. The molecule has 3 heteroatoms. The number of carbonyl (C=O) groups excluding carboxylic acids is 2. The van der Waals surface area contributed by atoms with E-state index in [1.807, 2.05) is 41.5 Å². The van der Waals surface area contributed by atoms with Crippen LogP contribution in [-0.2, 0) is 32.0 Å². The summed E-state index contributed by atoms with van der Waals surface area (Å²) in [5, 5.41) is 0. The molecule has 0 saturated heterocycles. The van der Waals surface area contributed by atoms with Gasteiger partial charge in [0.25, 0.3) is 0 Å². The Kier molecular flexibility index (Phi) is 6.18. The monoisotopic (exact) mass is 277 g/mol. The van der Waals surface area contributed by atoms with Gasteiger partial charge < -0.3 is 0 Å². The van der Waals surface area contributed by atoms with Crippen LogP contribution in [0.1, 0.15) is 48.0 Å². The molecule has 0 aromatic rings. The summed E-state index contributed by atoms with van der Waals surface area (Å²) >= 11 is 0. The first-order chi connectivity index (χ1) is 5.55. The zero-order chi connectivity index (χ0) is 10.9. The molecule has 0 saturated carbocycles. The van der Waals surface area contributed by atoms with E-state index >= 15 is 0 Å². The fourth-order valence-electron chi connectivity index (χ4n) is 0.676. The molecule has 1 radical (unpaired) electrons. The molecule has 0 aromatic heterocycles. The first kappa shape index (κ1) is 16.5. The molecule has 0 aliphatic rings. The van der Waals surface area contributed by atoms with Crippen molar-refractivity contribution in [3.8, 4) is 0 Å². The Morgan fingerprint density at radius 3 is 1.14 bits per heavy atom. The Labute approximate surface area is 102 Å². The van der Waals surface area contributed by atoms with Crippen LogP contribution in [0.15, 0.2) is 0 Å². The molecular formula is C11H20NbO2. The zero-order valence-electron chi connectivity index (χ0n) is 9.97. The van der Waals surface area contributed by atoms with Crippen molar-refractivity contribution in [2.75, 3.05) is 0 Å². The summed E-state index contributed by atoms with van der Waals surface area (Å²) in [6.45, 7) is 11.0. The summed E-state index contributed by atoms with van der Waals surface area (Å²) in [4.78, 5) is 23.0. The molecule has 81 valence electrons. The van der Waals surface area contributed by atoms with Gasteiger partial charge in [0, 0.05) is 33.2 Å². The van der Waals surface area contributed by atoms with Crippen LogP contribution in [0, 0.1) is 10.8 Å². The molecule has 14 heavy (non-hydrogen) atoms. The van der Waals surface area contributed by atoms with Crippen LogP contribution < -0.4 is 0 Å². The Bertz CT molecular complexity index is 194. The average Bonchev–Trinajstić information content (AvgIpc) is 1.82. The Morgan fingerprint density at radius 2 is 1.00 bits per heavy atom. The van der Waals surface area contributed by atoms with E-state index in [0.29, 0.717) is 0 Å². The van der Waals surface area contributed by atoms with Crippen LogP contribution in [0.4, 0.5) is 0 Å². The normalized spacial score (nSPS) is 11.9. The van der Waals surface area contributed by atoms with Gasteiger partial charge in [-0.05, 0) is 0 Å². The number of rotatable bonds is 2. The minimum absolute atomic E-state index is 0. The predicted molar refractivity (Wildman–Crippen MR) is 53.5 cm³/mol. The van der Waals surface area contributed by atoms with E-state index in [-0.39, 0.29) is 40.4 Å². The fraction of sp³-hybridized carbons (Fsp3) is 0.818. The van der Waals surface area contributed by atoms with E-state index in [1.165, 1.54) is 0 Å². The molecule has 0 heterocycles. The summed E-state index contributed by atoms with van der Waals surface area (Å²) in [5.74, 6) is 0.0415. The van der Waals surface area contributed by atoms with E-state index < -0.39 is 10.8 Å². The second kappa shape index (κ2) is 5.24. The summed E-state index contributed by atoms with van der Waals surface area (Å²) in [6, 6.07) is 0. The van der Waals surface area contributed by atoms with Gasteiger partial charge in [0.15, 0.2) is 0 Å². The Balaban J connectivity index is 0. The number of ketones is 2. The van der Waals surface area contributed by atoms with Crippen molar-refractivity contribution in [2.45, 2.75) is 48.0 Å². The zero-order valence-corrected chi connectivity index (χ0v) is 12.2. The molecule has 0 rings (SSSR count). The van der Waals surface area contributed by atoms with Gasteiger partial charge in [-0.3, -0.25) is 9.59 Å². The molecule has 0 aromatic carbocycles. The maximum Gasteiger partial charge on any atom is 0.145 e. The molecule has 0 atom stereocenters. The van der Waals surface area contributed by atoms with Crippen LogP contribution in [0.25, 0.3) is 0 Å². The standard InChI is InChI=1S/C11H20O2.Nb/c1-10(2,3)8(12)7-9(13)11(4,5)6;/h7H2,1-6H3;. The number of hydrogen-bond donors (Lipinski definition) is 0. The second-order valence-corrected chi connectivity index (χ2v) is 5.52. The van der Waals surface area contributed by atoms with Gasteiger partial charge in [0.1, 0.15) is 11.6 Å². The predicted octanol–water partition coefficient (Wildman–Crippen LogP) is 2.60. The van der Waals surface area contributed by atoms with Crippen molar-refractivity contribution in [2.24, 2.45) is 10.8 Å². The summed E-state index contributed by atoms with van der Waals surface area (Å²) < 4.78 is 0. The van der Waals surface area contributed by atoms with Crippen molar-refractivity contribution >= 4 is 11.6 Å². The van der Waals surface area contributed by atoms with Gasteiger partial charge >= 0.3 is 0 Å². The molecule has 2 nitrogen and oxygen atoms in total. The molecule has 0 aliphatic carbocycles. The topological polar surface area (TPSA) is 34.1 Å². The Morgan fingerprint density at radius 1 is 0.786 bits per heavy atom. The largest absolute Gasteiger partial charge is 0.299 e. The Hall–Kier alpha value is 0.0803. The maximum absolute atomic E-state index is 11.5. The van der Waals surface area contributed by atoms with Gasteiger partial charge in [0.2, 0.25) is 0 Å². The van der Waals surface area contributed by atoms with Crippen molar-refractivity contribution in [1.29, 1.82) is 0 Å². The summed E-state index contributed by atoms with van der Waals surface area (Å²) in [7, 11) is 0. The molecule has 0 bridgehead atoms. The van der Waals surface area contributed by atoms with Crippen LogP contribution in [0.2, 0.25) is 0 Å². The minimum Gasteiger partial charge on any atom is -0.299 e. The van der Waals surface area contributed by atoms with Crippen LogP contribution in [-0.4, -0.2) is 11.6 Å². The summed E-state index contributed by atoms with van der Waals surface area (Å²) in [5.41, 5.74) is -0.804. The van der Waals surface area contributed by atoms with Gasteiger partial charge in [-0.25, -0.2) is 0 Å². The molecule has 0 spiro atoms. The SMILES string of the molecule is CC(C)(C)C(=O)CC(=O)C(C)(C)C.[Nb]. The summed E-state index contributed by atoms with van der Waals surface area (Å²) in [6.07, 6.45) is 0.0625. The molecule has 0 aliphatic heterocycles. The van der Waals surface area contributed by atoms with E-state index in [9.17, 15) is 9.59 Å². The van der Waals surface area contributed by atoms with Crippen molar-refractivity contribution < 1.29 is 32.0 Å². The quantitative estimate of drug-likeness (QED) is 0.574. The van der Waals surface area contributed by atoms with Crippen LogP contribution in [0.3, 0.4) is 0 Å². The smallest absolute Gasteiger partial charge is 0.145 e. The van der Waals surface area contributed by atoms with Gasteiger partial charge in [0.05, 0.1) is 6.42 Å². The van der Waals surface area contributed by atoms with E-state index in [4.69, 9.17) is 0 Å². The minimum atomic E-state index is -0.402. The fourth-order valence-corrected chi connectivity index (χ4v) is 0.676. The van der Waals surface area contributed by atoms with E-state index in [2.05, 4.69) is 0 Å². The maximum atomic E-state index is 11.5. The third-order valence-corrected chi connectivity index (χ3v) is 1.99. The molecule has 0 fully saturated rings. The van der Waals surface area contributed by atoms with Crippen molar-refractivity contribution in [3.05, 3.63) is 0 Å². The third-order valence-electron chi connectivity index (χ3n) is 1.99. The van der Waals surface area contributed by atoms with Gasteiger partial charge in [-0.1, -0.05) is 41.5 Å². The second-order valence-electron chi connectivity index (χ2n) is 5.52. The third kappa shape index (κ3) is 5.74. The molecule has 0 N–H and O–H groups in total. The number of Topliss-reactive ketones (excluding diaryl/α,β-unsaturated/α-hetero) is 2. The van der Waals surface area contributed by atoms with Gasteiger partial charge in [-0.2, -0.15) is 0 Å².